The van der Waals surface area contributed by atoms with E-state index in [1.54, 1.807) is 7.11 Å². The highest BCUT2D eigenvalue weighted by molar-refractivity contribution is 8.00. The number of nitrogens with zero attached hydrogens (tertiary/aromatic N) is 1. The first-order valence-corrected chi connectivity index (χ1v) is 13.9. The number of hydrogen-bond acceptors (Lipinski definition) is 6. The van der Waals surface area contributed by atoms with Crippen molar-refractivity contribution in [2.24, 2.45) is 0 Å². The molecule has 0 aliphatic carbocycles. The second kappa shape index (κ2) is 12.1. The van der Waals surface area contributed by atoms with Gasteiger partial charge in [-0.15, -0.1) is 11.8 Å². The van der Waals surface area contributed by atoms with E-state index in [0.717, 1.165) is 37.8 Å². The first-order valence-electron chi connectivity index (χ1n) is 11.8. The fourth-order valence-electron chi connectivity index (χ4n) is 3.72. The van der Waals surface area contributed by atoms with Gasteiger partial charge in [-0.05, 0) is 72.4 Å². The van der Waals surface area contributed by atoms with Crippen LogP contribution < -0.4 is 20.7 Å². The molecule has 1 unspecified atom stereocenters. The molecule has 0 radical (unpaired) electrons. The zero-order valence-electron chi connectivity index (χ0n) is 20.4. The summed E-state index contributed by atoms with van der Waals surface area (Å²) in [5, 5.41) is 9.98. The molecule has 1 atom stereocenters. The Labute approximate surface area is 234 Å². The molecule has 6 nitrogen and oxygen atoms in total. The van der Waals surface area contributed by atoms with Gasteiger partial charge in [0, 0.05) is 16.3 Å². The van der Waals surface area contributed by atoms with E-state index in [1.807, 2.05) is 103 Å². The van der Waals surface area contributed by atoms with Gasteiger partial charge in [-0.1, -0.05) is 59.9 Å². The quantitative estimate of drug-likeness (QED) is 0.134. The maximum atomic E-state index is 13.5. The van der Waals surface area contributed by atoms with Crippen LogP contribution in [0.25, 0.3) is 10.2 Å². The van der Waals surface area contributed by atoms with Gasteiger partial charge in [0.1, 0.15) is 11.0 Å². The number of rotatable bonds is 8. The lowest BCUT2D eigenvalue weighted by molar-refractivity contribution is -0.115. The number of thiocarbonyl (C=S) groups is 1. The summed E-state index contributed by atoms with van der Waals surface area (Å²) in [6.45, 7) is 0. The first kappa shape index (κ1) is 25.7. The molecule has 4 aromatic carbocycles. The van der Waals surface area contributed by atoms with Crippen LogP contribution in [0.5, 0.6) is 5.75 Å². The average molecular weight is 557 g/mol. The number of methoxy groups -OCH3 is 1. The van der Waals surface area contributed by atoms with Gasteiger partial charge >= 0.3 is 0 Å². The summed E-state index contributed by atoms with van der Waals surface area (Å²) < 4.78 is 6.25. The second-order valence-corrected chi connectivity index (χ2v) is 10.8. The summed E-state index contributed by atoms with van der Waals surface area (Å²) in [6.07, 6.45) is 0. The van der Waals surface area contributed by atoms with E-state index in [4.69, 9.17) is 17.0 Å². The molecule has 5 aromatic rings. The Morgan fingerprint density at radius 3 is 2.21 bits per heavy atom. The number of amides is 1. The molecule has 0 aliphatic heterocycles. The molecule has 1 amide bonds. The smallest absolute Gasteiger partial charge is 0.244 e. The van der Waals surface area contributed by atoms with Crippen LogP contribution >= 0.6 is 35.3 Å². The molecule has 0 bridgehead atoms. The largest absolute Gasteiger partial charge is 0.497 e. The lowest BCUT2D eigenvalue weighted by atomic mass is 10.1. The number of thiazole rings is 1. The van der Waals surface area contributed by atoms with Gasteiger partial charge in [0.05, 0.1) is 17.3 Å². The highest BCUT2D eigenvalue weighted by Crippen LogP contribution is 2.37. The van der Waals surface area contributed by atoms with Crippen LogP contribution in [-0.4, -0.2) is 23.1 Å². The number of nitrogens with one attached hydrogen (secondary N) is 3. The minimum atomic E-state index is -0.461. The maximum absolute atomic E-state index is 13.5. The van der Waals surface area contributed by atoms with Crippen molar-refractivity contribution in [1.29, 1.82) is 0 Å². The van der Waals surface area contributed by atoms with E-state index in [-0.39, 0.29) is 5.91 Å². The summed E-state index contributed by atoms with van der Waals surface area (Å²) in [5.74, 6) is 0.619. The zero-order valence-corrected chi connectivity index (χ0v) is 22.8. The van der Waals surface area contributed by atoms with Crippen LogP contribution in [0, 0.1) is 0 Å². The Morgan fingerprint density at radius 1 is 0.868 bits per heavy atom. The van der Waals surface area contributed by atoms with Gasteiger partial charge < -0.3 is 20.7 Å². The molecule has 0 saturated carbocycles. The molecule has 1 aromatic heterocycles. The number of thioether (sulfide) groups is 1. The topological polar surface area (TPSA) is 75.3 Å². The molecular formula is C29H24N4O2S3. The second-order valence-electron chi connectivity index (χ2n) is 8.22. The maximum Gasteiger partial charge on any atom is 0.244 e. The third-order valence-electron chi connectivity index (χ3n) is 5.56. The highest BCUT2D eigenvalue weighted by atomic mass is 32.2. The number of hydrogen-bond donors (Lipinski definition) is 3. The fourth-order valence-corrected chi connectivity index (χ4v) is 5.88. The van der Waals surface area contributed by atoms with E-state index >= 15 is 0 Å². The van der Waals surface area contributed by atoms with Crippen LogP contribution in [0.2, 0.25) is 0 Å². The molecule has 190 valence electrons. The van der Waals surface area contributed by atoms with Gasteiger partial charge in [0.15, 0.2) is 10.2 Å². The number of fused-ring (bicyclic) bond motifs is 1. The van der Waals surface area contributed by atoms with Gasteiger partial charge in [-0.25, -0.2) is 4.98 Å². The number of aromatic nitrogens is 1. The summed E-state index contributed by atoms with van der Waals surface area (Å²) in [6, 6.07) is 33.0. The van der Waals surface area contributed by atoms with Crippen LogP contribution in [-0.2, 0) is 4.79 Å². The summed E-state index contributed by atoms with van der Waals surface area (Å²) in [5.41, 5.74) is 3.50. The van der Waals surface area contributed by atoms with Gasteiger partial charge in [-0.3, -0.25) is 4.79 Å². The average Bonchev–Trinajstić information content (AvgIpc) is 3.34. The number of benzene rings is 4. The van der Waals surface area contributed by atoms with Crippen molar-refractivity contribution in [2.75, 3.05) is 23.1 Å². The first-order chi connectivity index (χ1) is 18.6. The summed E-state index contributed by atoms with van der Waals surface area (Å²) in [7, 11) is 1.63. The Bertz CT molecular complexity index is 1540. The minimum Gasteiger partial charge on any atom is -0.497 e. The summed E-state index contributed by atoms with van der Waals surface area (Å²) in [4.78, 5) is 19.0. The number of ether oxygens (including phenoxy) is 1. The van der Waals surface area contributed by atoms with Gasteiger partial charge in [0.2, 0.25) is 5.91 Å². The molecular weight excluding hydrogens is 533 g/mol. The predicted molar refractivity (Wildman–Crippen MR) is 163 cm³/mol. The van der Waals surface area contributed by atoms with Crippen LogP contribution in [0.15, 0.2) is 108 Å². The van der Waals surface area contributed by atoms with E-state index in [1.165, 1.54) is 23.1 Å². The predicted octanol–water partition coefficient (Wildman–Crippen LogP) is 7.59. The molecule has 9 heteroatoms. The van der Waals surface area contributed by atoms with Crippen molar-refractivity contribution in [3.63, 3.8) is 0 Å². The van der Waals surface area contributed by atoms with Crippen molar-refractivity contribution in [3.8, 4) is 5.75 Å². The van der Waals surface area contributed by atoms with Crippen molar-refractivity contribution in [3.05, 3.63) is 109 Å². The number of carbonyl (C=O) groups is 1. The van der Waals surface area contributed by atoms with Crippen molar-refractivity contribution < 1.29 is 9.53 Å². The fraction of sp³-hybridized carbons (Fsp3) is 0.0690. The summed E-state index contributed by atoms with van der Waals surface area (Å²) >= 11 is 8.33. The highest BCUT2D eigenvalue weighted by Gasteiger charge is 2.23. The number of anilines is 3. The molecule has 0 fully saturated rings. The third-order valence-corrected chi connectivity index (χ3v) is 7.97. The molecule has 0 saturated heterocycles. The van der Waals surface area contributed by atoms with E-state index in [2.05, 4.69) is 20.9 Å². The van der Waals surface area contributed by atoms with Gasteiger partial charge in [0.25, 0.3) is 0 Å². The van der Waals surface area contributed by atoms with Crippen molar-refractivity contribution in [1.82, 2.24) is 4.98 Å². The number of carbonyl (C=O) groups excluding carboxylic acids is 1. The van der Waals surface area contributed by atoms with E-state index in [9.17, 15) is 4.79 Å². The minimum absolute atomic E-state index is 0.136. The monoisotopic (exact) mass is 556 g/mol. The van der Waals surface area contributed by atoms with E-state index in [0.29, 0.717) is 10.2 Å². The molecule has 3 N–H and O–H groups in total. The lowest BCUT2D eigenvalue weighted by Gasteiger charge is -2.17. The van der Waals surface area contributed by atoms with Crippen molar-refractivity contribution in [2.45, 2.75) is 10.1 Å². The van der Waals surface area contributed by atoms with Crippen LogP contribution in [0.4, 0.5) is 16.5 Å². The number of para-hydroxylation sites is 1. The zero-order chi connectivity index (χ0) is 26.3. The Hall–Kier alpha value is -3.92. The Kier molecular flexibility index (Phi) is 8.18. The standard InChI is InChI=1S/C29H24N4O2S3/c1-35-22-14-17-24-25(18-22)38-29(32-24)33-27(34)26(19-8-4-2-5-9-19)37-23-15-12-21(13-16-23)31-28(36)30-20-10-6-3-7-11-20/h2-18,26H,1H3,(H2,30,31,36)(H,32,33,34). The third kappa shape index (κ3) is 6.49. The molecule has 5 rings (SSSR count). The normalized spacial score (nSPS) is 11.5. The van der Waals surface area contributed by atoms with E-state index < -0.39 is 5.25 Å². The molecule has 0 spiro atoms. The molecule has 1 heterocycles. The van der Waals surface area contributed by atoms with Crippen LogP contribution in [0.3, 0.4) is 0 Å². The molecule has 38 heavy (non-hydrogen) atoms. The Balaban J connectivity index is 1.29. The van der Waals surface area contributed by atoms with Gasteiger partial charge in [-0.2, -0.15) is 0 Å². The van der Waals surface area contributed by atoms with Crippen LogP contribution in [0.1, 0.15) is 10.8 Å². The SMILES string of the molecule is COc1ccc2nc(NC(=O)C(Sc3ccc(NC(=S)Nc4ccccc4)cc3)c3ccccc3)sc2c1. The lowest BCUT2D eigenvalue weighted by Crippen LogP contribution is -2.19. The molecule has 0 aliphatic rings. The Morgan fingerprint density at radius 2 is 1.53 bits per heavy atom. The van der Waals surface area contributed by atoms with Crippen molar-refractivity contribution >= 4 is 73.1 Å².